The lowest BCUT2D eigenvalue weighted by Gasteiger charge is -2.22. The standard InChI is InChI=1S/C12H17N3O5S/c1-6-11(21-8(3)13-6)7(2)14-12(20)15(4-9(16)17)5-10(18)19/h7H,4-5H2,1-3H3,(H,14,20)(H,16,17)(H,18,19). The summed E-state index contributed by atoms with van der Waals surface area (Å²) in [4.78, 5) is 39.2. The van der Waals surface area contributed by atoms with E-state index in [-0.39, 0.29) is 6.04 Å². The van der Waals surface area contributed by atoms with Crippen LogP contribution in [0.4, 0.5) is 4.79 Å². The van der Waals surface area contributed by atoms with Crippen LogP contribution in [0.25, 0.3) is 0 Å². The van der Waals surface area contributed by atoms with Gasteiger partial charge in [0.05, 0.1) is 16.7 Å². The largest absolute Gasteiger partial charge is 0.480 e. The van der Waals surface area contributed by atoms with Crippen molar-refractivity contribution in [2.75, 3.05) is 13.1 Å². The average Bonchev–Trinajstić information content (AvgIpc) is 2.66. The van der Waals surface area contributed by atoms with Gasteiger partial charge in [-0.2, -0.15) is 0 Å². The number of thiazole rings is 1. The Balaban J connectivity index is 2.78. The third-order valence-electron chi connectivity index (χ3n) is 2.61. The van der Waals surface area contributed by atoms with Gasteiger partial charge in [-0.15, -0.1) is 11.3 Å². The molecule has 0 bridgehead atoms. The highest BCUT2D eigenvalue weighted by Crippen LogP contribution is 2.24. The van der Waals surface area contributed by atoms with Crippen molar-refractivity contribution in [3.8, 4) is 0 Å². The van der Waals surface area contributed by atoms with Crippen LogP contribution in [0.3, 0.4) is 0 Å². The van der Waals surface area contributed by atoms with Crippen molar-refractivity contribution in [3.63, 3.8) is 0 Å². The highest BCUT2D eigenvalue weighted by molar-refractivity contribution is 7.11. The van der Waals surface area contributed by atoms with E-state index < -0.39 is 31.1 Å². The molecule has 0 spiro atoms. The number of aliphatic carboxylic acids is 2. The van der Waals surface area contributed by atoms with E-state index in [4.69, 9.17) is 10.2 Å². The van der Waals surface area contributed by atoms with Gasteiger partial charge in [-0.05, 0) is 20.8 Å². The van der Waals surface area contributed by atoms with Crippen LogP contribution in [-0.2, 0) is 9.59 Å². The first-order chi connectivity index (χ1) is 9.70. The van der Waals surface area contributed by atoms with Crippen LogP contribution in [0.1, 0.15) is 28.5 Å². The number of nitrogens with zero attached hydrogens (tertiary/aromatic N) is 2. The van der Waals surface area contributed by atoms with E-state index >= 15 is 0 Å². The molecule has 0 radical (unpaired) electrons. The number of aromatic nitrogens is 1. The summed E-state index contributed by atoms with van der Waals surface area (Å²) in [5, 5.41) is 20.9. The fourth-order valence-electron chi connectivity index (χ4n) is 1.82. The SMILES string of the molecule is Cc1nc(C)c(C(C)NC(=O)N(CC(=O)O)CC(=O)O)s1. The second-order valence-corrected chi connectivity index (χ2v) is 5.73. The minimum Gasteiger partial charge on any atom is -0.480 e. The molecule has 0 aliphatic carbocycles. The average molecular weight is 315 g/mol. The minimum atomic E-state index is -1.27. The molecule has 21 heavy (non-hydrogen) atoms. The van der Waals surface area contributed by atoms with Crippen LogP contribution in [0.15, 0.2) is 0 Å². The zero-order chi connectivity index (χ0) is 16.2. The monoisotopic (exact) mass is 315 g/mol. The quantitative estimate of drug-likeness (QED) is 0.720. The summed E-state index contributed by atoms with van der Waals surface area (Å²) in [6, 6.07) is -1.12. The number of hydrogen-bond acceptors (Lipinski definition) is 5. The summed E-state index contributed by atoms with van der Waals surface area (Å²) in [5.41, 5.74) is 0.785. The lowest BCUT2D eigenvalue weighted by Crippen LogP contribution is -2.45. The molecule has 0 aliphatic heterocycles. The number of nitrogens with one attached hydrogen (secondary N) is 1. The molecule has 1 unspecified atom stereocenters. The predicted molar refractivity (Wildman–Crippen MR) is 75.4 cm³/mol. The van der Waals surface area contributed by atoms with E-state index in [1.54, 1.807) is 6.92 Å². The van der Waals surface area contributed by atoms with Crippen molar-refractivity contribution >= 4 is 29.3 Å². The molecule has 0 fully saturated rings. The number of urea groups is 1. The first-order valence-corrected chi connectivity index (χ1v) is 6.95. The highest BCUT2D eigenvalue weighted by atomic mass is 32.1. The van der Waals surface area contributed by atoms with Crippen LogP contribution in [0.5, 0.6) is 0 Å². The highest BCUT2D eigenvalue weighted by Gasteiger charge is 2.22. The maximum atomic E-state index is 12.0. The van der Waals surface area contributed by atoms with E-state index in [9.17, 15) is 14.4 Å². The Bertz CT molecular complexity index is 541. The molecule has 1 aromatic heterocycles. The van der Waals surface area contributed by atoms with Crippen LogP contribution in [0.2, 0.25) is 0 Å². The summed E-state index contributed by atoms with van der Waals surface area (Å²) in [6.45, 7) is 4.04. The molecule has 1 aromatic rings. The lowest BCUT2D eigenvalue weighted by molar-refractivity contribution is -0.140. The van der Waals surface area contributed by atoms with E-state index in [2.05, 4.69) is 10.3 Å². The fourth-order valence-corrected chi connectivity index (χ4v) is 2.75. The molecule has 0 saturated carbocycles. The molecule has 2 amide bonds. The Morgan fingerprint density at radius 2 is 1.76 bits per heavy atom. The number of rotatable bonds is 6. The van der Waals surface area contributed by atoms with Gasteiger partial charge in [0.25, 0.3) is 0 Å². The summed E-state index contributed by atoms with van der Waals surface area (Å²) < 4.78 is 0. The van der Waals surface area contributed by atoms with E-state index in [0.29, 0.717) is 0 Å². The minimum absolute atomic E-state index is 0.381. The van der Waals surface area contributed by atoms with E-state index in [1.165, 1.54) is 11.3 Å². The first kappa shape index (κ1) is 16.9. The van der Waals surface area contributed by atoms with Gasteiger partial charge in [0.15, 0.2) is 0 Å². The molecule has 9 heteroatoms. The normalized spacial score (nSPS) is 11.8. The van der Waals surface area contributed by atoms with Crippen LogP contribution < -0.4 is 5.32 Å². The van der Waals surface area contributed by atoms with Crippen LogP contribution >= 0.6 is 11.3 Å². The van der Waals surface area contributed by atoms with Gasteiger partial charge in [-0.1, -0.05) is 0 Å². The maximum absolute atomic E-state index is 12.0. The second-order valence-electron chi connectivity index (χ2n) is 4.50. The number of carboxylic acids is 2. The summed E-state index contributed by atoms with van der Waals surface area (Å²) in [6.07, 6.45) is 0. The molecule has 0 aliphatic rings. The molecule has 1 heterocycles. The third kappa shape index (κ3) is 5.03. The van der Waals surface area contributed by atoms with Gasteiger partial charge in [0, 0.05) is 4.88 Å². The Morgan fingerprint density at radius 3 is 2.14 bits per heavy atom. The van der Waals surface area contributed by atoms with E-state index in [1.807, 2.05) is 13.8 Å². The van der Waals surface area contributed by atoms with Gasteiger partial charge in [-0.3, -0.25) is 9.59 Å². The molecule has 0 aromatic carbocycles. The van der Waals surface area contributed by atoms with Gasteiger partial charge in [0.2, 0.25) is 0 Å². The van der Waals surface area contributed by atoms with Gasteiger partial charge in [0.1, 0.15) is 13.1 Å². The zero-order valence-electron chi connectivity index (χ0n) is 11.9. The Kier molecular flexibility index (Phi) is 5.65. The number of hydrogen-bond donors (Lipinski definition) is 3. The summed E-state index contributed by atoms with van der Waals surface area (Å²) >= 11 is 1.43. The molecule has 116 valence electrons. The van der Waals surface area contributed by atoms with Crippen molar-refractivity contribution in [3.05, 3.63) is 15.6 Å². The molecule has 3 N–H and O–H groups in total. The molecular weight excluding hydrogens is 298 g/mol. The van der Waals surface area contributed by atoms with Gasteiger partial charge < -0.3 is 20.4 Å². The van der Waals surface area contributed by atoms with Crippen molar-refractivity contribution in [1.82, 2.24) is 15.2 Å². The Labute approximate surface area is 125 Å². The predicted octanol–water partition coefficient (Wildman–Crippen LogP) is 1.00. The topological polar surface area (TPSA) is 120 Å². The second kappa shape index (κ2) is 7.02. The summed E-state index contributed by atoms with van der Waals surface area (Å²) in [5.74, 6) is -2.55. The summed E-state index contributed by atoms with van der Waals surface area (Å²) in [7, 11) is 0. The molecule has 1 atom stereocenters. The van der Waals surface area contributed by atoms with Crippen LogP contribution in [0, 0.1) is 13.8 Å². The number of aryl methyl sites for hydroxylation is 2. The molecule has 8 nitrogen and oxygen atoms in total. The third-order valence-corrected chi connectivity index (χ3v) is 3.87. The van der Waals surface area contributed by atoms with Crippen molar-refractivity contribution in [1.29, 1.82) is 0 Å². The van der Waals surface area contributed by atoms with Gasteiger partial charge >= 0.3 is 18.0 Å². The van der Waals surface area contributed by atoms with Gasteiger partial charge in [-0.25, -0.2) is 9.78 Å². The maximum Gasteiger partial charge on any atom is 0.323 e. The number of carboxylic acid groups (broad SMARTS) is 2. The lowest BCUT2D eigenvalue weighted by atomic mass is 10.2. The van der Waals surface area contributed by atoms with Crippen molar-refractivity contribution in [2.45, 2.75) is 26.8 Å². The van der Waals surface area contributed by atoms with Crippen LogP contribution in [-0.4, -0.2) is 51.2 Å². The molecule has 0 saturated heterocycles. The smallest absolute Gasteiger partial charge is 0.323 e. The zero-order valence-corrected chi connectivity index (χ0v) is 12.7. The Morgan fingerprint density at radius 1 is 1.24 bits per heavy atom. The van der Waals surface area contributed by atoms with E-state index in [0.717, 1.165) is 20.5 Å². The van der Waals surface area contributed by atoms with Crippen molar-refractivity contribution in [2.24, 2.45) is 0 Å². The number of carbonyl (C=O) groups excluding carboxylic acids is 1. The molecule has 1 rings (SSSR count). The number of carbonyl (C=O) groups is 3. The fraction of sp³-hybridized carbons (Fsp3) is 0.500. The Hall–Kier alpha value is -2.16. The number of amides is 2. The molecular formula is C12H17N3O5S. The van der Waals surface area contributed by atoms with Crippen molar-refractivity contribution < 1.29 is 24.6 Å². The first-order valence-electron chi connectivity index (χ1n) is 6.13.